The highest BCUT2D eigenvalue weighted by Crippen LogP contribution is 2.40. The summed E-state index contributed by atoms with van der Waals surface area (Å²) in [5.74, 6) is -2.90. The Balaban J connectivity index is 1.41. The number of carbonyl (C=O) groups excluding carboxylic acids is 2. The van der Waals surface area contributed by atoms with Gasteiger partial charge >= 0.3 is 5.97 Å². The first kappa shape index (κ1) is 57.7. The summed E-state index contributed by atoms with van der Waals surface area (Å²) in [7, 11) is 5.28. The molecule has 2 aromatic rings. The molecule has 18 atom stereocenters. The molecule has 4 heterocycles. The van der Waals surface area contributed by atoms with Crippen LogP contribution in [0.15, 0.2) is 30.5 Å². The van der Waals surface area contributed by atoms with Crippen LogP contribution >= 0.6 is 0 Å². The predicted molar refractivity (Wildman–Crippen MR) is 261 cm³/mol. The molecule has 3 fully saturated rings. The van der Waals surface area contributed by atoms with Gasteiger partial charge in [0.25, 0.3) is 0 Å². The Morgan fingerprint density at radius 1 is 0.971 bits per heavy atom. The summed E-state index contributed by atoms with van der Waals surface area (Å²) in [6.07, 6.45) is -5.81. The lowest BCUT2D eigenvalue weighted by Gasteiger charge is -2.49. The molecule has 19 heteroatoms. The van der Waals surface area contributed by atoms with Gasteiger partial charge in [-0.05, 0) is 112 Å². The molecule has 0 saturated carbocycles. The zero-order valence-electron chi connectivity index (χ0n) is 44.1. The van der Waals surface area contributed by atoms with Gasteiger partial charge in [-0.2, -0.15) is 0 Å². The lowest BCUT2D eigenvalue weighted by atomic mass is 9.77. The van der Waals surface area contributed by atoms with Crippen LogP contribution in [0, 0.1) is 17.8 Å². The fourth-order valence-electron chi connectivity index (χ4n) is 10.9. The van der Waals surface area contributed by atoms with E-state index in [1.165, 1.54) is 21.0 Å². The number of nitrogens with one attached hydrogen (secondary N) is 1. The highest BCUT2D eigenvalue weighted by atomic mass is 16.7. The minimum atomic E-state index is -1.84. The van der Waals surface area contributed by atoms with Crippen LogP contribution < -0.4 is 5.32 Å². The maximum absolute atomic E-state index is 14.5. The molecule has 398 valence electrons. The number of hydrogen-bond donors (Lipinski definition) is 6. The van der Waals surface area contributed by atoms with Crippen LogP contribution in [-0.4, -0.2) is 187 Å². The molecule has 1 aromatic carbocycles. The standard InChI is InChI=1S/C51H86N6O13/c1-15-40-51(11,64)44(60)33(6)56(13)27-29(2)25-49(9,63)46(31(4)43(32(5)47(62)68-40)69-41-26-50(10,65-14)45(61)34(7)67-41)70-48-42(59)39(24-30(3)66-48)55(12)22-21-38-28-57(54-53-38)23-20-36-16-18-37(19-17-36)52-35(8)58/h16-19,28-34,39-46,48,59-61,63-64H,15,20-27H2,1-14H3,(H,52,58)/t29-,30-,31+,32-,33-,34+,39+,40-,41+,42-,43+,44-,45+,46-,48+,49-,50-,51-/m1/s1. The third-order valence-electron chi connectivity index (χ3n) is 15.3. The first-order valence-electron chi connectivity index (χ1n) is 25.2. The number of aliphatic hydroxyl groups excluding tert-OH is 3. The number of hydrogen-bond acceptors (Lipinski definition) is 17. The highest BCUT2D eigenvalue weighted by molar-refractivity contribution is 5.88. The number of ether oxygens (including phenoxy) is 6. The number of aryl methyl sites for hydroxylation is 2. The molecule has 5 rings (SSSR count). The minimum absolute atomic E-state index is 0.102. The third-order valence-corrected chi connectivity index (χ3v) is 15.3. The Labute approximate surface area is 415 Å². The fourth-order valence-corrected chi connectivity index (χ4v) is 10.9. The molecule has 19 nitrogen and oxygen atoms in total. The molecular weight excluding hydrogens is 905 g/mol. The number of rotatable bonds is 14. The van der Waals surface area contributed by atoms with Gasteiger partial charge < -0.3 is 69.1 Å². The van der Waals surface area contributed by atoms with E-state index in [1.807, 2.05) is 70.2 Å². The van der Waals surface area contributed by atoms with E-state index in [9.17, 15) is 35.1 Å². The first-order valence-corrected chi connectivity index (χ1v) is 25.2. The normalized spacial score (nSPS) is 39.8. The van der Waals surface area contributed by atoms with Crippen molar-refractivity contribution >= 4 is 17.6 Å². The Morgan fingerprint density at radius 3 is 2.27 bits per heavy atom. The van der Waals surface area contributed by atoms with Crippen LogP contribution in [0.4, 0.5) is 5.69 Å². The Kier molecular flexibility index (Phi) is 20.0. The van der Waals surface area contributed by atoms with Crippen molar-refractivity contribution in [2.24, 2.45) is 17.8 Å². The van der Waals surface area contributed by atoms with Crippen LogP contribution in [0.5, 0.6) is 0 Å². The molecule has 0 bridgehead atoms. The van der Waals surface area contributed by atoms with Crippen LogP contribution in [0.1, 0.15) is 113 Å². The molecule has 0 unspecified atom stereocenters. The lowest BCUT2D eigenvalue weighted by Crippen LogP contribution is -2.61. The molecule has 1 aromatic heterocycles. The number of methoxy groups -OCH3 is 1. The molecule has 1 amide bonds. The number of amides is 1. The van der Waals surface area contributed by atoms with Crippen molar-refractivity contribution in [3.05, 3.63) is 41.7 Å². The summed E-state index contributed by atoms with van der Waals surface area (Å²) in [6.45, 7) is 20.6. The second-order valence-corrected chi connectivity index (χ2v) is 21.5. The van der Waals surface area contributed by atoms with E-state index in [1.54, 1.807) is 46.2 Å². The quantitative estimate of drug-likeness (QED) is 0.149. The van der Waals surface area contributed by atoms with E-state index >= 15 is 0 Å². The Bertz CT molecular complexity index is 1970. The molecule has 0 spiro atoms. The number of anilines is 1. The molecule has 6 N–H and O–H groups in total. The van der Waals surface area contributed by atoms with Gasteiger partial charge in [-0.3, -0.25) is 14.3 Å². The highest BCUT2D eigenvalue weighted by Gasteiger charge is 2.53. The van der Waals surface area contributed by atoms with Gasteiger partial charge in [0.1, 0.15) is 30.0 Å². The summed E-state index contributed by atoms with van der Waals surface area (Å²) >= 11 is 0. The van der Waals surface area contributed by atoms with E-state index < -0.39 is 102 Å². The summed E-state index contributed by atoms with van der Waals surface area (Å²) in [5, 5.41) is 71.2. The maximum Gasteiger partial charge on any atom is 0.311 e. The monoisotopic (exact) mass is 991 g/mol. The van der Waals surface area contributed by atoms with Crippen LogP contribution in [0.3, 0.4) is 0 Å². The second kappa shape index (κ2) is 24.2. The van der Waals surface area contributed by atoms with Gasteiger partial charge in [0.05, 0.1) is 47.2 Å². The number of benzene rings is 1. The molecule has 70 heavy (non-hydrogen) atoms. The predicted octanol–water partition coefficient (Wildman–Crippen LogP) is 3.31. The molecule has 3 aliphatic rings. The third kappa shape index (κ3) is 14.1. The average molecular weight is 991 g/mol. The number of cyclic esters (lactones) is 1. The van der Waals surface area contributed by atoms with Gasteiger partial charge in [0.15, 0.2) is 12.6 Å². The second-order valence-electron chi connectivity index (χ2n) is 21.5. The van der Waals surface area contributed by atoms with Crippen molar-refractivity contribution in [2.75, 3.05) is 39.6 Å². The van der Waals surface area contributed by atoms with Gasteiger partial charge in [-0.25, -0.2) is 0 Å². The van der Waals surface area contributed by atoms with Crippen molar-refractivity contribution in [3.63, 3.8) is 0 Å². The molecular formula is C51H86N6O13. The van der Waals surface area contributed by atoms with Crippen molar-refractivity contribution in [1.82, 2.24) is 24.8 Å². The van der Waals surface area contributed by atoms with Gasteiger partial charge in [-0.1, -0.05) is 38.1 Å². The zero-order valence-corrected chi connectivity index (χ0v) is 44.1. The Hall–Kier alpha value is -3.18. The molecule has 0 radical (unpaired) electrons. The van der Waals surface area contributed by atoms with Crippen molar-refractivity contribution in [1.29, 1.82) is 0 Å². The number of aromatic nitrogens is 3. The molecule has 3 aliphatic heterocycles. The van der Waals surface area contributed by atoms with Gasteiger partial charge in [0.2, 0.25) is 5.91 Å². The van der Waals surface area contributed by atoms with Crippen LogP contribution in [0.25, 0.3) is 0 Å². The molecule has 3 saturated heterocycles. The lowest BCUT2D eigenvalue weighted by molar-refractivity contribution is -0.318. The number of carbonyl (C=O) groups is 2. The summed E-state index contributed by atoms with van der Waals surface area (Å²) in [4.78, 5) is 29.8. The largest absolute Gasteiger partial charge is 0.459 e. The van der Waals surface area contributed by atoms with Crippen molar-refractivity contribution in [3.8, 4) is 0 Å². The summed E-state index contributed by atoms with van der Waals surface area (Å²) < 4.78 is 40.1. The van der Waals surface area contributed by atoms with Crippen LogP contribution in [-0.2, 0) is 57.4 Å². The fraction of sp³-hybridized carbons (Fsp3) is 0.804. The first-order chi connectivity index (χ1) is 32.7. The smallest absolute Gasteiger partial charge is 0.311 e. The summed E-state index contributed by atoms with van der Waals surface area (Å²) in [6, 6.07) is 6.71. The summed E-state index contributed by atoms with van der Waals surface area (Å²) in [5.41, 5.74) is -1.89. The molecule has 0 aliphatic carbocycles. The van der Waals surface area contributed by atoms with E-state index in [-0.39, 0.29) is 37.2 Å². The Morgan fingerprint density at radius 2 is 1.64 bits per heavy atom. The number of likely N-dealkylation sites (N-methyl/N-ethyl adjacent to an activating group) is 2. The zero-order chi connectivity index (χ0) is 52.0. The minimum Gasteiger partial charge on any atom is -0.459 e. The number of nitrogens with zero attached hydrogens (tertiary/aromatic N) is 5. The van der Waals surface area contributed by atoms with Crippen molar-refractivity contribution < 1.29 is 63.5 Å². The van der Waals surface area contributed by atoms with E-state index in [4.69, 9.17) is 28.4 Å². The SMILES string of the molecule is CC[C@H]1OC(=O)[C@H](C)[C@@H](O[C@H]2C[C@@](C)(OC)[C@@H](O)[C@H](C)O2)[C@H](C)[C@@H](O[C@@H]2O[C@H](C)C[C@H](N(C)CCc3cn(CCc4ccc(NC(C)=O)cc4)nn3)[C@H]2O)[C@](C)(O)C[C@@H](C)CN(C)[C@H](C)[C@@H](O)[C@]1(C)O. The maximum atomic E-state index is 14.5. The van der Waals surface area contributed by atoms with E-state index in [2.05, 4.69) is 20.5 Å². The van der Waals surface area contributed by atoms with E-state index in [0.717, 1.165) is 23.4 Å². The number of esters is 1. The number of aliphatic hydroxyl groups is 5. The van der Waals surface area contributed by atoms with Gasteiger partial charge in [0, 0.05) is 76.4 Å². The van der Waals surface area contributed by atoms with Crippen LogP contribution in [0.2, 0.25) is 0 Å². The van der Waals surface area contributed by atoms with Crippen molar-refractivity contribution in [2.45, 2.75) is 212 Å². The topological polar surface area (TPSA) is 240 Å². The van der Waals surface area contributed by atoms with E-state index in [0.29, 0.717) is 32.5 Å². The average Bonchev–Trinajstić information content (AvgIpc) is 3.76. The van der Waals surface area contributed by atoms with Gasteiger partial charge in [-0.15, -0.1) is 5.10 Å².